The lowest BCUT2D eigenvalue weighted by molar-refractivity contribution is 0.0929. The highest BCUT2D eigenvalue weighted by atomic mass is 79.9. The molecule has 0 unspecified atom stereocenters. The lowest BCUT2D eigenvalue weighted by atomic mass is 10.2. The number of rotatable bonds is 7. The monoisotopic (exact) mass is 457 g/mol. The Morgan fingerprint density at radius 3 is 2.43 bits per heavy atom. The maximum Gasteiger partial charge on any atom is 0.263 e. The molecule has 0 spiro atoms. The molecule has 2 aromatic carbocycles. The molecule has 0 aliphatic heterocycles. The molecule has 1 aromatic heterocycles. The number of hydrogen-bond donors (Lipinski definition) is 2. The minimum atomic E-state index is -0.172. The summed E-state index contributed by atoms with van der Waals surface area (Å²) in [5.41, 5.74) is 2.47. The Kier molecular flexibility index (Phi) is 6.95. The normalized spacial score (nSPS) is 10.5. The van der Waals surface area contributed by atoms with E-state index in [2.05, 4.69) is 31.5 Å². The van der Waals surface area contributed by atoms with Gasteiger partial charge in [0.25, 0.3) is 11.8 Å². The lowest BCUT2D eigenvalue weighted by Gasteiger charge is -2.07. The van der Waals surface area contributed by atoms with Crippen molar-refractivity contribution in [2.24, 2.45) is 0 Å². The number of hydrogen-bond acceptors (Lipinski definition) is 4. The summed E-state index contributed by atoms with van der Waals surface area (Å²) in [6.07, 6.45) is 0.711. The molecule has 28 heavy (non-hydrogen) atoms. The quantitative estimate of drug-likeness (QED) is 0.527. The molecular formula is C21H20BrN3O2S. The van der Waals surface area contributed by atoms with Gasteiger partial charge in [0.05, 0.1) is 10.7 Å². The number of carbonyl (C=O) groups excluding carboxylic acids is 2. The second-order valence-electron chi connectivity index (χ2n) is 6.21. The highest BCUT2D eigenvalue weighted by Crippen LogP contribution is 2.20. The maximum absolute atomic E-state index is 12.4. The van der Waals surface area contributed by atoms with Crippen LogP contribution in [-0.4, -0.2) is 29.9 Å². The van der Waals surface area contributed by atoms with Crippen LogP contribution < -0.4 is 10.6 Å². The molecule has 0 aliphatic rings. The van der Waals surface area contributed by atoms with Gasteiger partial charge in [-0.15, -0.1) is 11.3 Å². The third-order valence-electron chi connectivity index (χ3n) is 4.03. The third kappa shape index (κ3) is 5.50. The molecule has 2 N–H and O–H groups in total. The molecule has 3 rings (SSSR count). The molecule has 0 fully saturated rings. The van der Waals surface area contributed by atoms with Crippen molar-refractivity contribution in [3.8, 4) is 0 Å². The molecule has 1 heterocycles. The molecule has 3 aromatic rings. The number of halogens is 1. The maximum atomic E-state index is 12.4. The summed E-state index contributed by atoms with van der Waals surface area (Å²) in [5.74, 6) is -0.333. The highest BCUT2D eigenvalue weighted by molar-refractivity contribution is 9.10. The van der Waals surface area contributed by atoms with Gasteiger partial charge in [-0.05, 0) is 30.7 Å². The zero-order valence-corrected chi connectivity index (χ0v) is 17.8. The van der Waals surface area contributed by atoms with Crippen LogP contribution in [0.3, 0.4) is 0 Å². The number of nitrogens with zero attached hydrogens (tertiary/aromatic N) is 1. The van der Waals surface area contributed by atoms with E-state index in [4.69, 9.17) is 0 Å². The van der Waals surface area contributed by atoms with Gasteiger partial charge in [-0.2, -0.15) is 0 Å². The van der Waals surface area contributed by atoms with E-state index in [1.54, 1.807) is 18.2 Å². The number of amides is 2. The number of benzene rings is 2. The van der Waals surface area contributed by atoms with Crippen LogP contribution in [-0.2, 0) is 6.42 Å². The Hall–Kier alpha value is -2.51. The van der Waals surface area contributed by atoms with Crippen LogP contribution >= 0.6 is 27.3 Å². The first-order valence-electron chi connectivity index (χ1n) is 8.85. The van der Waals surface area contributed by atoms with Crippen molar-refractivity contribution < 1.29 is 9.59 Å². The highest BCUT2D eigenvalue weighted by Gasteiger charge is 2.15. The molecule has 7 heteroatoms. The molecule has 0 aliphatic carbocycles. The van der Waals surface area contributed by atoms with E-state index in [0.717, 1.165) is 15.2 Å². The minimum Gasteiger partial charge on any atom is -0.350 e. The summed E-state index contributed by atoms with van der Waals surface area (Å²) in [6, 6.07) is 17.2. The molecule has 2 amide bonds. The topological polar surface area (TPSA) is 71.1 Å². The molecule has 0 saturated carbocycles. The lowest BCUT2D eigenvalue weighted by Crippen LogP contribution is -2.34. The summed E-state index contributed by atoms with van der Waals surface area (Å²) < 4.78 is 0.848. The van der Waals surface area contributed by atoms with Crippen molar-refractivity contribution in [2.45, 2.75) is 13.3 Å². The van der Waals surface area contributed by atoms with E-state index in [1.165, 1.54) is 16.9 Å². The molecule has 0 atom stereocenters. The Bertz CT molecular complexity index is 973. The van der Waals surface area contributed by atoms with E-state index in [0.29, 0.717) is 30.0 Å². The van der Waals surface area contributed by atoms with Gasteiger partial charge < -0.3 is 10.6 Å². The van der Waals surface area contributed by atoms with E-state index in [1.807, 2.05) is 43.3 Å². The second-order valence-corrected chi connectivity index (χ2v) is 8.21. The van der Waals surface area contributed by atoms with Crippen LogP contribution in [0.4, 0.5) is 0 Å². The van der Waals surface area contributed by atoms with Crippen molar-refractivity contribution in [3.63, 3.8) is 0 Å². The first-order valence-corrected chi connectivity index (χ1v) is 10.5. The largest absolute Gasteiger partial charge is 0.350 e. The first kappa shape index (κ1) is 20.2. The fourth-order valence-electron chi connectivity index (χ4n) is 2.67. The average Bonchev–Trinajstić information content (AvgIpc) is 3.06. The van der Waals surface area contributed by atoms with Crippen LogP contribution in [0.5, 0.6) is 0 Å². The Morgan fingerprint density at radius 2 is 1.71 bits per heavy atom. The third-order valence-corrected chi connectivity index (χ3v) is 5.68. The van der Waals surface area contributed by atoms with E-state index < -0.39 is 0 Å². The Morgan fingerprint density at radius 1 is 1.00 bits per heavy atom. The number of aromatic nitrogens is 1. The van der Waals surface area contributed by atoms with Crippen LogP contribution in [0.25, 0.3) is 0 Å². The van der Waals surface area contributed by atoms with Crippen LogP contribution in [0.15, 0.2) is 59.1 Å². The van der Waals surface area contributed by atoms with Crippen molar-refractivity contribution >= 4 is 39.1 Å². The molecule has 0 bridgehead atoms. The molecule has 5 nitrogen and oxygen atoms in total. The number of carbonyl (C=O) groups is 2. The smallest absolute Gasteiger partial charge is 0.263 e. The van der Waals surface area contributed by atoms with Crippen molar-refractivity contribution in [2.75, 3.05) is 13.1 Å². The average molecular weight is 458 g/mol. The zero-order valence-electron chi connectivity index (χ0n) is 15.4. The van der Waals surface area contributed by atoms with Crippen molar-refractivity contribution in [1.29, 1.82) is 0 Å². The summed E-state index contributed by atoms with van der Waals surface area (Å²) >= 11 is 4.75. The standard InChI is InChI=1S/C21H20BrN3O2S/c1-14-19(28-18(25-14)12-15-6-3-2-4-7-15)21(27)24-11-10-23-20(26)16-8-5-9-17(22)13-16/h2-9,13H,10-12H2,1H3,(H,23,26)(H,24,27). The number of aryl methyl sites for hydroxylation is 1. The SMILES string of the molecule is Cc1nc(Cc2ccccc2)sc1C(=O)NCCNC(=O)c1cccc(Br)c1. The van der Waals surface area contributed by atoms with Gasteiger partial charge in [0.15, 0.2) is 0 Å². The summed E-state index contributed by atoms with van der Waals surface area (Å²) in [5, 5.41) is 6.56. The minimum absolute atomic E-state index is 0.161. The predicted molar refractivity (Wildman–Crippen MR) is 115 cm³/mol. The van der Waals surface area contributed by atoms with Crippen LogP contribution in [0, 0.1) is 6.92 Å². The number of nitrogens with one attached hydrogen (secondary N) is 2. The van der Waals surface area contributed by atoms with Gasteiger partial charge in [-0.3, -0.25) is 9.59 Å². The Labute approximate surface area is 176 Å². The molecule has 144 valence electrons. The first-order chi connectivity index (χ1) is 13.5. The molecular weight excluding hydrogens is 438 g/mol. The zero-order chi connectivity index (χ0) is 19.9. The van der Waals surface area contributed by atoms with Gasteiger partial charge in [0, 0.05) is 29.5 Å². The van der Waals surface area contributed by atoms with E-state index in [-0.39, 0.29) is 11.8 Å². The van der Waals surface area contributed by atoms with Crippen molar-refractivity contribution in [3.05, 3.63) is 85.8 Å². The Balaban J connectivity index is 1.49. The van der Waals surface area contributed by atoms with Gasteiger partial charge in [0.1, 0.15) is 4.88 Å². The van der Waals surface area contributed by atoms with Crippen molar-refractivity contribution in [1.82, 2.24) is 15.6 Å². The number of thiazole rings is 1. The van der Waals surface area contributed by atoms with Gasteiger partial charge in [-0.1, -0.05) is 52.3 Å². The van der Waals surface area contributed by atoms with Gasteiger partial charge >= 0.3 is 0 Å². The van der Waals surface area contributed by atoms with E-state index in [9.17, 15) is 9.59 Å². The second kappa shape index (κ2) is 9.61. The molecule has 0 saturated heterocycles. The van der Waals surface area contributed by atoms with Gasteiger partial charge in [0.2, 0.25) is 0 Å². The van der Waals surface area contributed by atoms with Crippen LogP contribution in [0.1, 0.15) is 36.3 Å². The summed E-state index contributed by atoms with van der Waals surface area (Å²) in [4.78, 5) is 29.7. The fourth-order valence-corrected chi connectivity index (χ4v) is 4.09. The summed E-state index contributed by atoms with van der Waals surface area (Å²) in [6.45, 7) is 2.55. The molecule has 0 radical (unpaired) electrons. The fraction of sp³-hybridized carbons (Fsp3) is 0.190. The predicted octanol–water partition coefficient (Wildman–Crippen LogP) is 3.96. The summed E-state index contributed by atoms with van der Waals surface area (Å²) in [7, 11) is 0. The van der Waals surface area contributed by atoms with E-state index >= 15 is 0 Å². The van der Waals surface area contributed by atoms with Crippen LogP contribution in [0.2, 0.25) is 0 Å². The van der Waals surface area contributed by atoms with Gasteiger partial charge in [-0.25, -0.2) is 4.98 Å².